The number of nitrogens with zero attached hydrogens (tertiary/aromatic N) is 5. The Bertz CT molecular complexity index is 709. The number of anilines is 1. The van der Waals surface area contributed by atoms with Crippen LogP contribution in [0.5, 0.6) is 0 Å². The van der Waals surface area contributed by atoms with Crippen LogP contribution in [0, 0.1) is 11.8 Å². The number of piperidine rings is 1. The molecule has 6 nitrogen and oxygen atoms in total. The summed E-state index contributed by atoms with van der Waals surface area (Å²) in [6.07, 6.45) is 11.4. The van der Waals surface area contributed by atoms with E-state index in [2.05, 4.69) is 34.1 Å². The van der Waals surface area contributed by atoms with E-state index >= 15 is 0 Å². The van der Waals surface area contributed by atoms with Crippen LogP contribution in [0.2, 0.25) is 0 Å². The van der Waals surface area contributed by atoms with Gasteiger partial charge in [0.2, 0.25) is 5.95 Å². The van der Waals surface area contributed by atoms with E-state index in [0.29, 0.717) is 29.7 Å². The highest BCUT2D eigenvalue weighted by molar-refractivity contribution is 5.79. The lowest BCUT2D eigenvalue weighted by Gasteiger charge is -2.40. The molecule has 4 heterocycles. The van der Waals surface area contributed by atoms with Crippen molar-refractivity contribution in [1.82, 2.24) is 19.8 Å². The average Bonchev–Trinajstić information content (AvgIpc) is 2.96. The summed E-state index contributed by atoms with van der Waals surface area (Å²) in [4.78, 5) is 28.6. The summed E-state index contributed by atoms with van der Waals surface area (Å²) in [5, 5.41) is 0. The fourth-order valence-electron chi connectivity index (χ4n) is 6.15. The number of piperazine rings is 1. The molecule has 0 amide bonds. The molecule has 2 atom stereocenters. The van der Waals surface area contributed by atoms with Crippen LogP contribution in [0.25, 0.3) is 0 Å². The quantitative estimate of drug-likeness (QED) is 0.761. The summed E-state index contributed by atoms with van der Waals surface area (Å²) < 4.78 is 0. The topological polar surface area (TPSA) is 52.6 Å². The highest BCUT2D eigenvalue weighted by Crippen LogP contribution is 2.37. The molecule has 1 aliphatic carbocycles. The van der Waals surface area contributed by atoms with E-state index < -0.39 is 0 Å². The Kier molecular flexibility index (Phi) is 5.33. The number of likely N-dealkylation sites (N-methyl/N-ethyl adjacent to an activating group) is 1. The molecule has 4 fully saturated rings. The Morgan fingerprint density at radius 1 is 1.03 bits per heavy atom. The van der Waals surface area contributed by atoms with Crippen LogP contribution in [0.1, 0.15) is 56.9 Å². The van der Waals surface area contributed by atoms with Gasteiger partial charge in [-0.3, -0.25) is 4.79 Å². The molecular formula is C23H35N5O. The molecule has 0 radical (unpaired) electrons. The highest BCUT2D eigenvalue weighted by atomic mass is 16.1. The SMILES string of the molecule is CC(=O)[C@H]1C[C@@H](CN2CCC(c3cnc(N4C5CCC4CN(C)C5)nc3)CC2)C1. The van der Waals surface area contributed by atoms with Gasteiger partial charge < -0.3 is 14.7 Å². The third-order valence-electron chi connectivity index (χ3n) is 7.94. The molecule has 3 aliphatic heterocycles. The monoisotopic (exact) mass is 397 g/mol. The van der Waals surface area contributed by atoms with Crippen LogP contribution >= 0.6 is 0 Å². The number of hydrogen-bond acceptors (Lipinski definition) is 6. The molecule has 1 aromatic heterocycles. The second-order valence-corrected chi connectivity index (χ2v) is 10.0. The number of fused-ring (bicyclic) bond motifs is 2. The maximum atomic E-state index is 11.4. The Labute approximate surface area is 174 Å². The molecule has 6 heteroatoms. The standard InChI is InChI=1S/C23H35N5O/c1-16(29)19-9-17(10-19)13-27-7-5-18(6-8-27)20-11-24-23(25-12-20)28-21-3-4-22(28)15-26(2)14-21/h11-12,17-19,21-22H,3-10,13-15H2,1-2H3/t17-,19+,21?,22?. The fraction of sp³-hybridized carbons (Fsp3) is 0.783. The molecule has 0 spiro atoms. The summed E-state index contributed by atoms with van der Waals surface area (Å²) >= 11 is 0. The number of rotatable bonds is 5. The van der Waals surface area contributed by atoms with Crippen molar-refractivity contribution in [2.24, 2.45) is 11.8 Å². The van der Waals surface area contributed by atoms with Crippen LogP contribution in [0.3, 0.4) is 0 Å². The molecule has 0 N–H and O–H groups in total. The van der Waals surface area contributed by atoms with Gasteiger partial charge in [0.05, 0.1) is 0 Å². The van der Waals surface area contributed by atoms with Crippen molar-refractivity contribution >= 4 is 11.7 Å². The third-order valence-corrected chi connectivity index (χ3v) is 7.94. The normalized spacial score (nSPS) is 33.7. The van der Waals surface area contributed by atoms with Crippen molar-refractivity contribution in [1.29, 1.82) is 0 Å². The Morgan fingerprint density at radius 2 is 1.66 bits per heavy atom. The number of likely N-dealkylation sites (tertiary alicyclic amines) is 2. The lowest BCUT2D eigenvalue weighted by molar-refractivity contribution is -0.124. The van der Waals surface area contributed by atoms with Crippen molar-refractivity contribution in [3.63, 3.8) is 0 Å². The molecule has 0 aromatic carbocycles. The second-order valence-electron chi connectivity index (χ2n) is 10.0. The molecule has 3 saturated heterocycles. The van der Waals surface area contributed by atoms with Crippen molar-refractivity contribution in [2.75, 3.05) is 44.7 Å². The maximum Gasteiger partial charge on any atom is 0.225 e. The summed E-state index contributed by atoms with van der Waals surface area (Å²) in [7, 11) is 2.23. The zero-order chi connectivity index (χ0) is 20.0. The Morgan fingerprint density at radius 3 is 2.24 bits per heavy atom. The van der Waals surface area contributed by atoms with Gasteiger partial charge in [0.1, 0.15) is 5.78 Å². The van der Waals surface area contributed by atoms with E-state index in [9.17, 15) is 4.79 Å². The lowest BCUT2D eigenvalue weighted by Crippen LogP contribution is -2.53. The van der Waals surface area contributed by atoms with Crippen LogP contribution in [0.15, 0.2) is 12.4 Å². The zero-order valence-corrected chi connectivity index (χ0v) is 18.0. The second kappa shape index (κ2) is 7.95. The van der Waals surface area contributed by atoms with Crippen molar-refractivity contribution in [3.8, 4) is 0 Å². The Balaban J connectivity index is 1.13. The number of carbonyl (C=O) groups excluding carboxylic acids is 1. The van der Waals surface area contributed by atoms with E-state index in [1.54, 1.807) is 6.92 Å². The average molecular weight is 398 g/mol. The van der Waals surface area contributed by atoms with Gasteiger partial charge in [-0.15, -0.1) is 0 Å². The van der Waals surface area contributed by atoms with Gasteiger partial charge in [0.15, 0.2) is 0 Å². The maximum absolute atomic E-state index is 11.4. The van der Waals surface area contributed by atoms with E-state index in [1.165, 1.54) is 37.8 Å². The molecule has 29 heavy (non-hydrogen) atoms. The van der Waals surface area contributed by atoms with Crippen LogP contribution in [-0.4, -0.2) is 77.4 Å². The highest BCUT2D eigenvalue weighted by Gasteiger charge is 2.40. The number of carbonyl (C=O) groups is 1. The molecular weight excluding hydrogens is 362 g/mol. The van der Waals surface area contributed by atoms with E-state index in [0.717, 1.165) is 50.9 Å². The minimum absolute atomic E-state index is 0.351. The molecule has 5 rings (SSSR count). The van der Waals surface area contributed by atoms with E-state index in [4.69, 9.17) is 9.97 Å². The first kappa shape index (κ1) is 19.4. The summed E-state index contributed by atoms with van der Waals surface area (Å²) in [6.45, 7) is 7.52. The summed E-state index contributed by atoms with van der Waals surface area (Å²) in [5.41, 5.74) is 1.31. The lowest BCUT2D eigenvalue weighted by atomic mass is 9.72. The van der Waals surface area contributed by atoms with Gasteiger partial charge >= 0.3 is 0 Å². The van der Waals surface area contributed by atoms with Gasteiger partial charge in [0, 0.05) is 50.0 Å². The third kappa shape index (κ3) is 3.93. The molecule has 1 aromatic rings. The molecule has 2 bridgehead atoms. The molecule has 4 aliphatic rings. The van der Waals surface area contributed by atoms with Crippen molar-refractivity contribution < 1.29 is 4.79 Å². The van der Waals surface area contributed by atoms with Crippen molar-refractivity contribution in [3.05, 3.63) is 18.0 Å². The predicted molar refractivity (Wildman–Crippen MR) is 114 cm³/mol. The number of aromatic nitrogens is 2. The number of Topliss-reactive ketones (excluding diaryl/α,β-unsaturated/α-hetero) is 1. The van der Waals surface area contributed by atoms with Crippen LogP contribution in [-0.2, 0) is 4.79 Å². The van der Waals surface area contributed by atoms with Crippen LogP contribution < -0.4 is 4.90 Å². The smallest absolute Gasteiger partial charge is 0.225 e. The summed E-state index contributed by atoms with van der Waals surface area (Å²) in [6, 6.07) is 1.17. The van der Waals surface area contributed by atoms with E-state index in [-0.39, 0.29) is 0 Å². The summed E-state index contributed by atoms with van der Waals surface area (Å²) in [5.74, 6) is 3.01. The minimum Gasteiger partial charge on any atom is -0.332 e. The largest absolute Gasteiger partial charge is 0.332 e. The number of hydrogen-bond donors (Lipinski definition) is 0. The first-order valence-corrected chi connectivity index (χ1v) is 11.6. The molecule has 1 saturated carbocycles. The number of ketones is 1. The van der Waals surface area contributed by atoms with Crippen molar-refractivity contribution in [2.45, 2.75) is 63.5 Å². The van der Waals surface area contributed by atoms with E-state index in [1.807, 2.05) is 0 Å². The van der Waals surface area contributed by atoms with Gasteiger partial charge in [-0.2, -0.15) is 0 Å². The van der Waals surface area contributed by atoms with Crippen LogP contribution in [0.4, 0.5) is 5.95 Å². The van der Waals surface area contributed by atoms with Gasteiger partial charge in [0.25, 0.3) is 0 Å². The fourth-order valence-corrected chi connectivity index (χ4v) is 6.15. The van der Waals surface area contributed by atoms with Gasteiger partial charge in [-0.25, -0.2) is 9.97 Å². The first-order chi connectivity index (χ1) is 14.1. The van der Waals surface area contributed by atoms with Gasteiger partial charge in [-0.05, 0) is 83.0 Å². The minimum atomic E-state index is 0.351. The first-order valence-electron chi connectivity index (χ1n) is 11.6. The Hall–Kier alpha value is -1.53. The van der Waals surface area contributed by atoms with Gasteiger partial charge in [-0.1, -0.05) is 0 Å². The molecule has 2 unspecified atom stereocenters. The zero-order valence-electron chi connectivity index (χ0n) is 18.0. The predicted octanol–water partition coefficient (Wildman–Crippen LogP) is 2.55. The molecule has 158 valence electrons.